The van der Waals surface area contributed by atoms with E-state index in [0.29, 0.717) is 0 Å². The van der Waals surface area contributed by atoms with Crippen LogP contribution in [-0.4, -0.2) is 0 Å². The fourth-order valence-electron chi connectivity index (χ4n) is 2.17. The van der Waals surface area contributed by atoms with Crippen molar-refractivity contribution in [2.24, 2.45) is 0 Å². The van der Waals surface area contributed by atoms with Crippen LogP contribution in [0.15, 0.2) is 24.3 Å². The number of aryl methyl sites for hydroxylation is 2. The van der Waals surface area contributed by atoms with Gasteiger partial charge in [0.25, 0.3) is 0 Å². The second kappa shape index (κ2) is 4.31. The Kier molecular flexibility index (Phi) is 2.87. The van der Waals surface area contributed by atoms with Gasteiger partial charge >= 0.3 is 0 Å². The van der Waals surface area contributed by atoms with Crippen molar-refractivity contribution in [2.75, 3.05) is 0 Å². The van der Waals surface area contributed by atoms with Gasteiger partial charge in [-0.25, -0.2) is 0 Å². The fourth-order valence-corrected chi connectivity index (χ4v) is 2.17. The average molecular weight is 197 g/mol. The van der Waals surface area contributed by atoms with Crippen LogP contribution in [0.3, 0.4) is 0 Å². The van der Waals surface area contributed by atoms with Crippen LogP contribution in [0, 0.1) is 11.3 Å². The molecule has 1 aliphatic carbocycles. The van der Waals surface area contributed by atoms with E-state index >= 15 is 0 Å². The maximum absolute atomic E-state index is 9.04. The molecule has 0 amide bonds. The smallest absolute Gasteiger partial charge is 0.0994 e. The molecule has 0 saturated heterocycles. The van der Waals surface area contributed by atoms with Crippen LogP contribution in [0.5, 0.6) is 0 Å². The van der Waals surface area contributed by atoms with Gasteiger partial charge in [-0.1, -0.05) is 31.2 Å². The lowest BCUT2D eigenvalue weighted by Crippen LogP contribution is -1.87. The first-order chi connectivity index (χ1) is 7.35. The van der Waals surface area contributed by atoms with E-state index in [-0.39, 0.29) is 0 Å². The Hall–Kier alpha value is -1.55. The Labute approximate surface area is 91.0 Å². The molecule has 0 unspecified atom stereocenters. The number of benzene rings is 1. The van der Waals surface area contributed by atoms with E-state index in [1.165, 1.54) is 30.4 Å². The molecule has 0 spiro atoms. The third-order valence-electron chi connectivity index (χ3n) is 2.94. The molecule has 1 aromatic rings. The highest BCUT2D eigenvalue weighted by Crippen LogP contribution is 2.25. The normalized spacial score (nSPS) is 14.8. The van der Waals surface area contributed by atoms with Gasteiger partial charge in [0, 0.05) is 0 Å². The van der Waals surface area contributed by atoms with Crippen molar-refractivity contribution in [1.29, 1.82) is 5.26 Å². The third kappa shape index (κ3) is 1.94. The van der Waals surface area contributed by atoms with Gasteiger partial charge in [-0.3, -0.25) is 0 Å². The van der Waals surface area contributed by atoms with Crippen LogP contribution in [0.2, 0.25) is 0 Å². The summed E-state index contributed by atoms with van der Waals surface area (Å²) in [6, 6.07) is 8.72. The molecule has 0 atom stereocenters. The zero-order valence-electron chi connectivity index (χ0n) is 9.09. The maximum Gasteiger partial charge on any atom is 0.0994 e. The minimum atomic E-state index is 0.812. The van der Waals surface area contributed by atoms with Crippen LogP contribution in [0.4, 0.5) is 0 Å². The summed E-state index contributed by atoms with van der Waals surface area (Å²) in [5.41, 5.74) is 4.80. The second-order valence-corrected chi connectivity index (χ2v) is 3.97. The Morgan fingerprint density at radius 2 is 2.20 bits per heavy atom. The Morgan fingerprint density at radius 1 is 1.40 bits per heavy atom. The summed E-state index contributed by atoms with van der Waals surface area (Å²) >= 11 is 0. The summed E-state index contributed by atoms with van der Waals surface area (Å²) in [6.45, 7) is 2.06. The van der Waals surface area contributed by atoms with Gasteiger partial charge in [-0.05, 0) is 42.4 Å². The van der Waals surface area contributed by atoms with E-state index < -0.39 is 0 Å². The molecule has 0 bridgehead atoms. The number of hydrogen-bond donors (Lipinski definition) is 0. The first kappa shape index (κ1) is 9.98. The molecule has 15 heavy (non-hydrogen) atoms. The van der Waals surface area contributed by atoms with E-state index in [1.54, 1.807) is 0 Å². The van der Waals surface area contributed by atoms with Gasteiger partial charge in [-0.2, -0.15) is 5.26 Å². The maximum atomic E-state index is 9.04. The van der Waals surface area contributed by atoms with E-state index in [0.717, 1.165) is 17.6 Å². The van der Waals surface area contributed by atoms with Gasteiger partial charge in [0.15, 0.2) is 0 Å². The molecule has 0 heterocycles. The van der Waals surface area contributed by atoms with E-state index in [4.69, 9.17) is 5.26 Å². The van der Waals surface area contributed by atoms with Crippen LogP contribution >= 0.6 is 0 Å². The molecule has 1 nitrogen and oxygen atoms in total. The summed E-state index contributed by atoms with van der Waals surface area (Å²) in [7, 11) is 0. The zero-order valence-corrected chi connectivity index (χ0v) is 9.09. The second-order valence-electron chi connectivity index (χ2n) is 3.97. The standard InChI is InChI=1S/C14H15N/c1-2-4-14(10-15)13-8-7-11-5-3-6-12(11)9-13/h4,7-9H,2-3,5-6H2,1H3/b14-4+. The van der Waals surface area contributed by atoms with Gasteiger partial charge in [0.05, 0.1) is 11.6 Å². The number of allylic oxidation sites excluding steroid dienone is 2. The summed E-state index contributed by atoms with van der Waals surface area (Å²) in [6.07, 6.45) is 6.55. The molecule has 0 aliphatic heterocycles. The lowest BCUT2D eigenvalue weighted by Gasteiger charge is -2.03. The molecule has 1 aromatic carbocycles. The van der Waals surface area contributed by atoms with Crippen LogP contribution in [-0.2, 0) is 12.8 Å². The molecule has 1 aliphatic rings. The molecule has 2 rings (SSSR count). The fraction of sp³-hybridized carbons (Fsp3) is 0.357. The highest BCUT2D eigenvalue weighted by molar-refractivity contribution is 5.77. The van der Waals surface area contributed by atoms with Crippen molar-refractivity contribution >= 4 is 5.57 Å². The van der Waals surface area contributed by atoms with Gasteiger partial charge in [0.1, 0.15) is 0 Å². The number of nitriles is 1. The van der Waals surface area contributed by atoms with Crippen molar-refractivity contribution in [2.45, 2.75) is 32.6 Å². The number of hydrogen-bond acceptors (Lipinski definition) is 1. The molecule has 1 heteroatoms. The average Bonchev–Trinajstić information content (AvgIpc) is 2.72. The number of nitrogens with zero attached hydrogens (tertiary/aromatic N) is 1. The summed E-state index contributed by atoms with van der Waals surface area (Å²) in [5.74, 6) is 0. The molecular weight excluding hydrogens is 182 g/mol. The van der Waals surface area contributed by atoms with E-state index in [9.17, 15) is 0 Å². The molecule has 0 saturated carbocycles. The van der Waals surface area contributed by atoms with Crippen LogP contribution < -0.4 is 0 Å². The Balaban J connectivity index is 2.38. The molecule has 76 valence electrons. The largest absolute Gasteiger partial charge is 0.192 e. The lowest BCUT2D eigenvalue weighted by atomic mass is 10.0. The minimum Gasteiger partial charge on any atom is -0.192 e. The first-order valence-electron chi connectivity index (χ1n) is 5.57. The summed E-state index contributed by atoms with van der Waals surface area (Å²) < 4.78 is 0. The van der Waals surface area contributed by atoms with Crippen molar-refractivity contribution in [1.82, 2.24) is 0 Å². The van der Waals surface area contributed by atoms with E-state index in [1.807, 2.05) is 6.08 Å². The monoisotopic (exact) mass is 197 g/mol. The predicted molar refractivity (Wildman–Crippen MR) is 62.3 cm³/mol. The molecule has 0 N–H and O–H groups in total. The van der Waals surface area contributed by atoms with Crippen molar-refractivity contribution in [3.63, 3.8) is 0 Å². The van der Waals surface area contributed by atoms with Crippen molar-refractivity contribution in [3.8, 4) is 6.07 Å². The van der Waals surface area contributed by atoms with Gasteiger partial charge in [0.2, 0.25) is 0 Å². The van der Waals surface area contributed by atoms with Gasteiger partial charge < -0.3 is 0 Å². The third-order valence-corrected chi connectivity index (χ3v) is 2.94. The SMILES string of the molecule is CC/C=C(\C#N)c1ccc2c(c1)CCC2. The highest BCUT2D eigenvalue weighted by Gasteiger charge is 2.11. The van der Waals surface area contributed by atoms with Crippen molar-refractivity contribution in [3.05, 3.63) is 41.0 Å². The molecular formula is C14H15N. The number of fused-ring (bicyclic) bond motifs is 1. The molecule has 0 radical (unpaired) electrons. The predicted octanol–water partition coefficient (Wildman–Crippen LogP) is 3.49. The topological polar surface area (TPSA) is 23.8 Å². The first-order valence-corrected chi connectivity index (χ1v) is 5.57. The molecule has 0 aromatic heterocycles. The summed E-state index contributed by atoms with van der Waals surface area (Å²) in [4.78, 5) is 0. The quantitative estimate of drug-likeness (QED) is 0.666. The van der Waals surface area contributed by atoms with Crippen LogP contribution in [0.25, 0.3) is 5.57 Å². The van der Waals surface area contributed by atoms with E-state index in [2.05, 4.69) is 31.2 Å². The lowest BCUT2D eigenvalue weighted by molar-refractivity contribution is 0.912. The Bertz CT molecular complexity index is 435. The summed E-state index contributed by atoms with van der Waals surface area (Å²) in [5, 5.41) is 9.04. The van der Waals surface area contributed by atoms with Crippen molar-refractivity contribution < 1.29 is 0 Å². The Morgan fingerprint density at radius 3 is 2.93 bits per heavy atom. The highest BCUT2D eigenvalue weighted by atomic mass is 14.3. The van der Waals surface area contributed by atoms with Crippen LogP contribution in [0.1, 0.15) is 36.5 Å². The molecule has 0 fully saturated rings. The number of rotatable bonds is 2. The minimum absolute atomic E-state index is 0.812. The zero-order chi connectivity index (χ0) is 10.7. The van der Waals surface area contributed by atoms with Gasteiger partial charge in [-0.15, -0.1) is 0 Å².